The molecule has 2 aromatic rings. The Bertz CT molecular complexity index is 666. The molecular weight excluding hydrogens is 298 g/mol. The zero-order chi connectivity index (χ0) is 15.5. The fraction of sp³-hybridized carbons (Fsp3) is 0.500. The van der Waals surface area contributed by atoms with Crippen molar-refractivity contribution in [3.05, 3.63) is 24.3 Å². The van der Waals surface area contributed by atoms with Gasteiger partial charge in [0.1, 0.15) is 0 Å². The number of aromatic nitrogens is 2. The highest BCUT2D eigenvalue weighted by atomic mass is 32.2. The van der Waals surface area contributed by atoms with Crippen molar-refractivity contribution in [1.82, 2.24) is 14.9 Å². The zero-order valence-electron chi connectivity index (χ0n) is 12.9. The van der Waals surface area contributed by atoms with Gasteiger partial charge in [0.2, 0.25) is 5.91 Å². The van der Waals surface area contributed by atoms with Crippen LogP contribution in [0, 0.1) is 0 Å². The van der Waals surface area contributed by atoms with E-state index in [0.717, 1.165) is 35.6 Å². The van der Waals surface area contributed by atoms with Gasteiger partial charge in [-0.05, 0) is 31.9 Å². The lowest BCUT2D eigenvalue weighted by molar-refractivity contribution is -0.120. The van der Waals surface area contributed by atoms with E-state index in [1.165, 1.54) is 11.8 Å². The zero-order valence-corrected chi connectivity index (χ0v) is 13.7. The topological polar surface area (TPSA) is 56.1 Å². The van der Waals surface area contributed by atoms with Crippen molar-refractivity contribution < 1.29 is 9.53 Å². The van der Waals surface area contributed by atoms with E-state index < -0.39 is 0 Å². The van der Waals surface area contributed by atoms with Gasteiger partial charge in [0.25, 0.3) is 0 Å². The van der Waals surface area contributed by atoms with Gasteiger partial charge in [0.15, 0.2) is 5.16 Å². The molecule has 1 aliphatic carbocycles. The number of imidazole rings is 1. The lowest BCUT2D eigenvalue weighted by atomic mass is 10.3. The number of nitrogens with zero attached hydrogens (tertiary/aromatic N) is 2. The van der Waals surface area contributed by atoms with Crippen LogP contribution in [-0.4, -0.2) is 40.5 Å². The molecule has 1 saturated carbocycles. The number of thioether (sulfide) groups is 1. The Morgan fingerprint density at radius 2 is 2.27 bits per heavy atom. The predicted molar refractivity (Wildman–Crippen MR) is 88.1 cm³/mol. The summed E-state index contributed by atoms with van der Waals surface area (Å²) in [5.41, 5.74) is 2.03. The Labute approximate surface area is 134 Å². The first-order chi connectivity index (χ1) is 10.7. The van der Waals surface area contributed by atoms with Gasteiger partial charge in [-0.15, -0.1) is 0 Å². The number of hydrogen-bond acceptors (Lipinski definition) is 4. The van der Waals surface area contributed by atoms with Crippen LogP contribution < -0.4 is 5.32 Å². The van der Waals surface area contributed by atoms with Crippen LogP contribution in [0.2, 0.25) is 0 Å². The molecule has 0 radical (unpaired) electrons. The third-order valence-electron chi connectivity index (χ3n) is 3.71. The largest absolute Gasteiger partial charge is 0.383 e. The summed E-state index contributed by atoms with van der Waals surface area (Å²) in [7, 11) is 1.69. The smallest absolute Gasteiger partial charge is 0.233 e. The molecule has 1 unspecified atom stereocenters. The summed E-state index contributed by atoms with van der Waals surface area (Å²) in [6, 6.07) is 8.43. The van der Waals surface area contributed by atoms with Crippen LogP contribution in [0.4, 0.5) is 0 Å². The second kappa shape index (κ2) is 6.71. The molecule has 1 atom stereocenters. The SMILES string of the molecule is COCCn1c(SC(C)C(=O)NC2CC2)nc2ccccc21. The van der Waals surface area contributed by atoms with E-state index >= 15 is 0 Å². The molecule has 118 valence electrons. The third kappa shape index (κ3) is 3.44. The Morgan fingerprint density at radius 1 is 1.50 bits per heavy atom. The average molecular weight is 319 g/mol. The Hall–Kier alpha value is -1.53. The normalized spacial score (nSPS) is 15.9. The summed E-state index contributed by atoms with van der Waals surface area (Å²) in [5.74, 6) is 0.0952. The minimum Gasteiger partial charge on any atom is -0.383 e. The van der Waals surface area contributed by atoms with E-state index in [0.29, 0.717) is 12.6 Å². The first-order valence-corrected chi connectivity index (χ1v) is 8.48. The van der Waals surface area contributed by atoms with Gasteiger partial charge in [-0.3, -0.25) is 4.79 Å². The van der Waals surface area contributed by atoms with Gasteiger partial charge < -0.3 is 14.6 Å². The molecule has 0 aliphatic heterocycles. The molecule has 1 fully saturated rings. The number of methoxy groups -OCH3 is 1. The second-order valence-electron chi connectivity index (χ2n) is 5.57. The quantitative estimate of drug-likeness (QED) is 0.797. The Morgan fingerprint density at radius 3 is 3.00 bits per heavy atom. The molecule has 1 aliphatic rings. The van der Waals surface area contributed by atoms with Crippen LogP contribution in [0.25, 0.3) is 11.0 Å². The molecule has 1 heterocycles. The van der Waals surface area contributed by atoms with Gasteiger partial charge in [-0.1, -0.05) is 23.9 Å². The Kier molecular flexibility index (Phi) is 4.69. The van der Waals surface area contributed by atoms with E-state index in [1.807, 2.05) is 25.1 Å². The summed E-state index contributed by atoms with van der Waals surface area (Å²) in [6.45, 7) is 3.29. The van der Waals surface area contributed by atoms with Crippen molar-refractivity contribution >= 4 is 28.7 Å². The highest BCUT2D eigenvalue weighted by molar-refractivity contribution is 8.00. The molecule has 5 nitrogen and oxygen atoms in total. The number of nitrogens with one attached hydrogen (secondary N) is 1. The number of amides is 1. The molecule has 6 heteroatoms. The van der Waals surface area contributed by atoms with E-state index in [9.17, 15) is 4.79 Å². The van der Waals surface area contributed by atoms with E-state index in [2.05, 4.69) is 20.9 Å². The third-order valence-corrected chi connectivity index (χ3v) is 4.80. The average Bonchev–Trinajstić information content (AvgIpc) is 3.26. The van der Waals surface area contributed by atoms with Crippen LogP contribution in [0.15, 0.2) is 29.4 Å². The summed E-state index contributed by atoms with van der Waals surface area (Å²) in [5, 5.41) is 3.77. The maximum Gasteiger partial charge on any atom is 0.233 e. The van der Waals surface area contributed by atoms with Crippen molar-refractivity contribution in [2.45, 2.75) is 42.8 Å². The first-order valence-electron chi connectivity index (χ1n) is 7.60. The molecule has 1 amide bonds. The fourth-order valence-electron chi connectivity index (χ4n) is 2.30. The molecule has 22 heavy (non-hydrogen) atoms. The van der Waals surface area contributed by atoms with Crippen LogP contribution >= 0.6 is 11.8 Å². The molecule has 1 aromatic heterocycles. The maximum absolute atomic E-state index is 12.1. The number of benzene rings is 1. The minimum absolute atomic E-state index is 0.0952. The van der Waals surface area contributed by atoms with Crippen LogP contribution in [0.5, 0.6) is 0 Å². The molecule has 1 aromatic carbocycles. The van der Waals surface area contributed by atoms with Crippen LogP contribution in [0.3, 0.4) is 0 Å². The number of hydrogen-bond donors (Lipinski definition) is 1. The fourth-order valence-corrected chi connectivity index (χ4v) is 3.26. The summed E-state index contributed by atoms with van der Waals surface area (Å²) in [6.07, 6.45) is 2.21. The summed E-state index contributed by atoms with van der Waals surface area (Å²) in [4.78, 5) is 16.8. The molecule has 0 saturated heterocycles. The lowest BCUT2D eigenvalue weighted by Crippen LogP contribution is -2.32. The molecular formula is C16H21N3O2S. The second-order valence-corrected chi connectivity index (χ2v) is 6.88. The molecule has 1 N–H and O–H groups in total. The van der Waals surface area contributed by atoms with Crippen molar-refractivity contribution in [2.75, 3.05) is 13.7 Å². The highest BCUT2D eigenvalue weighted by Crippen LogP contribution is 2.28. The minimum atomic E-state index is -0.154. The van der Waals surface area contributed by atoms with Crippen molar-refractivity contribution in [1.29, 1.82) is 0 Å². The van der Waals surface area contributed by atoms with Crippen molar-refractivity contribution in [2.24, 2.45) is 0 Å². The number of ether oxygens (including phenoxy) is 1. The van der Waals surface area contributed by atoms with Gasteiger partial charge in [0, 0.05) is 19.7 Å². The summed E-state index contributed by atoms with van der Waals surface area (Å²) >= 11 is 1.51. The van der Waals surface area contributed by atoms with Crippen LogP contribution in [-0.2, 0) is 16.1 Å². The van der Waals surface area contributed by atoms with Gasteiger partial charge >= 0.3 is 0 Å². The van der Waals surface area contributed by atoms with Crippen LogP contribution in [0.1, 0.15) is 19.8 Å². The van der Waals surface area contributed by atoms with Crippen molar-refractivity contribution in [3.63, 3.8) is 0 Å². The lowest BCUT2D eigenvalue weighted by Gasteiger charge is -2.13. The maximum atomic E-state index is 12.1. The number of para-hydroxylation sites is 2. The Balaban J connectivity index is 1.80. The van der Waals surface area contributed by atoms with E-state index in [-0.39, 0.29) is 11.2 Å². The number of fused-ring (bicyclic) bond motifs is 1. The molecule has 0 bridgehead atoms. The number of carbonyl (C=O) groups excluding carboxylic acids is 1. The molecule has 0 spiro atoms. The standard InChI is InChI=1S/C16H21N3O2S/c1-11(15(20)17-12-7-8-12)22-16-18-13-5-3-4-6-14(13)19(16)9-10-21-2/h3-6,11-12H,7-10H2,1-2H3,(H,17,20). The van der Waals surface area contributed by atoms with Gasteiger partial charge in [0.05, 0.1) is 22.9 Å². The molecule has 3 rings (SSSR count). The van der Waals surface area contributed by atoms with Crippen molar-refractivity contribution in [3.8, 4) is 0 Å². The predicted octanol–water partition coefficient (Wildman–Crippen LogP) is 2.44. The van der Waals surface area contributed by atoms with E-state index in [1.54, 1.807) is 7.11 Å². The number of carbonyl (C=O) groups is 1. The summed E-state index contributed by atoms with van der Waals surface area (Å²) < 4.78 is 7.32. The first kappa shape index (κ1) is 15.4. The monoisotopic (exact) mass is 319 g/mol. The van der Waals surface area contributed by atoms with Gasteiger partial charge in [-0.25, -0.2) is 4.98 Å². The van der Waals surface area contributed by atoms with Gasteiger partial charge in [-0.2, -0.15) is 0 Å². The highest BCUT2D eigenvalue weighted by Gasteiger charge is 2.27. The number of rotatable bonds is 7. The van der Waals surface area contributed by atoms with E-state index in [4.69, 9.17) is 4.74 Å².